The number of likely N-dealkylation sites (tertiary alicyclic amines) is 1. The van der Waals surface area contributed by atoms with E-state index in [1.165, 1.54) is 16.9 Å². The van der Waals surface area contributed by atoms with Crippen LogP contribution in [0.3, 0.4) is 0 Å². The van der Waals surface area contributed by atoms with Crippen LogP contribution in [0, 0.1) is 0 Å². The topological polar surface area (TPSA) is 61.7 Å². The molecule has 2 aliphatic heterocycles. The van der Waals surface area contributed by atoms with E-state index >= 15 is 0 Å². The second-order valence-electron chi connectivity index (χ2n) is 7.83. The largest absolute Gasteiger partial charge is 0.338 e. The molecule has 2 aliphatic rings. The van der Waals surface area contributed by atoms with E-state index in [4.69, 9.17) is 0 Å². The van der Waals surface area contributed by atoms with E-state index in [2.05, 4.69) is 23.1 Å². The first kappa shape index (κ1) is 20.1. The van der Waals surface area contributed by atoms with Crippen LogP contribution in [0.15, 0.2) is 29.9 Å². The molecule has 7 nitrogen and oxygen atoms in total. The van der Waals surface area contributed by atoms with Crippen LogP contribution < -0.4 is 0 Å². The van der Waals surface area contributed by atoms with Crippen molar-refractivity contribution in [2.75, 3.05) is 45.8 Å². The Morgan fingerprint density at radius 2 is 1.83 bits per heavy atom. The molecule has 4 heterocycles. The van der Waals surface area contributed by atoms with E-state index in [1.54, 1.807) is 0 Å². The predicted octanol–water partition coefficient (Wildman–Crippen LogP) is 2.13. The third kappa shape index (κ3) is 4.70. The molecule has 0 saturated carbocycles. The lowest BCUT2D eigenvalue weighted by Gasteiger charge is -2.37. The summed E-state index contributed by atoms with van der Waals surface area (Å²) >= 11 is 1.47. The third-order valence-electron chi connectivity index (χ3n) is 6.05. The predicted molar refractivity (Wildman–Crippen MR) is 113 cm³/mol. The number of piperidine rings is 1. The molecule has 0 aliphatic carbocycles. The standard InChI is InChI=1S/C21H29N5O2S/c1-2-26-15-18(14-22-26)17-5-7-23(8-6-17)16-20(27)24-9-11-25(12-10-24)21(28)19-4-3-13-29-19/h3-4,13-15,17H,2,5-12,16H2,1H3. The Labute approximate surface area is 175 Å². The average Bonchev–Trinajstić information content (AvgIpc) is 3.46. The van der Waals surface area contributed by atoms with Gasteiger partial charge in [0.1, 0.15) is 0 Å². The number of aromatic nitrogens is 2. The summed E-state index contributed by atoms with van der Waals surface area (Å²) in [5, 5.41) is 6.31. The van der Waals surface area contributed by atoms with Crippen molar-refractivity contribution in [1.29, 1.82) is 0 Å². The van der Waals surface area contributed by atoms with Crippen LogP contribution in [0.5, 0.6) is 0 Å². The number of rotatable bonds is 5. The minimum absolute atomic E-state index is 0.0839. The lowest BCUT2D eigenvalue weighted by Crippen LogP contribution is -2.53. The van der Waals surface area contributed by atoms with Crippen molar-refractivity contribution >= 4 is 23.2 Å². The highest BCUT2D eigenvalue weighted by Gasteiger charge is 2.28. The number of carbonyl (C=O) groups excluding carboxylic acids is 2. The van der Waals surface area contributed by atoms with Crippen LogP contribution in [0.2, 0.25) is 0 Å². The summed E-state index contributed by atoms with van der Waals surface area (Å²) in [4.78, 5) is 32.0. The van der Waals surface area contributed by atoms with Gasteiger partial charge < -0.3 is 9.80 Å². The summed E-state index contributed by atoms with van der Waals surface area (Å²) in [7, 11) is 0. The van der Waals surface area contributed by atoms with E-state index in [0.717, 1.165) is 37.4 Å². The fraction of sp³-hybridized carbons (Fsp3) is 0.571. The quantitative estimate of drug-likeness (QED) is 0.751. The first-order valence-corrected chi connectivity index (χ1v) is 11.4. The first-order valence-electron chi connectivity index (χ1n) is 10.5. The fourth-order valence-corrected chi connectivity index (χ4v) is 4.88. The molecule has 2 fully saturated rings. The number of nitrogens with zero attached hydrogens (tertiary/aromatic N) is 5. The fourth-order valence-electron chi connectivity index (χ4n) is 4.19. The Bertz CT molecular complexity index is 818. The molecule has 2 saturated heterocycles. The Hall–Kier alpha value is -2.19. The van der Waals surface area contributed by atoms with Gasteiger partial charge in [-0.15, -0.1) is 11.3 Å². The number of thiophene rings is 1. The smallest absolute Gasteiger partial charge is 0.264 e. The van der Waals surface area contributed by atoms with Crippen molar-refractivity contribution in [3.05, 3.63) is 40.3 Å². The molecular weight excluding hydrogens is 386 g/mol. The highest BCUT2D eigenvalue weighted by atomic mass is 32.1. The van der Waals surface area contributed by atoms with Gasteiger partial charge in [-0.3, -0.25) is 19.2 Å². The Morgan fingerprint density at radius 3 is 2.45 bits per heavy atom. The van der Waals surface area contributed by atoms with Crippen LogP contribution in [0.1, 0.15) is 40.9 Å². The van der Waals surface area contributed by atoms with Crippen molar-refractivity contribution in [3.8, 4) is 0 Å². The van der Waals surface area contributed by atoms with E-state index in [1.807, 2.05) is 38.2 Å². The number of carbonyl (C=O) groups is 2. The summed E-state index contributed by atoms with van der Waals surface area (Å²) in [6.07, 6.45) is 6.30. The number of piperazine rings is 1. The monoisotopic (exact) mass is 415 g/mol. The van der Waals surface area contributed by atoms with Crippen molar-refractivity contribution < 1.29 is 9.59 Å². The zero-order valence-electron chi connectivity index (χ0n) is 17.0. The third-order valence-corrected chi connectivity index (χ3v) is 6.90. The Kier molecular flexibility index (Phi) is 6.30. The minimum atomic E-state index is 0.0839. The maximum atomic E-state index is 12.7. The second kappa shape index (κ2) is 9.09. The summed E-state index contributed by atoms with van der Waals surface area (Å²) < 4.78 is 1.98. The van der Waals surface area contributed by atoms with Gasteiger partial charge >= 0.3 is 0 Å². The van der Waals surface area contributed by atoms with Gasteiger partial charge in [-0.05, 0) is 55.8 Å². The van der Waals surface area contributed by atoms with Gasteiger partial charge in [0.25, 0.3) is 5.91 Å². The summed E-state index contributed by atoms with van der Waals surface area (Å²) in [6.45, 7) is 7.88. The molecular formula is C21H29N5O2S. The first-order chi connectivity index (χ1) is 14.1. The van der Waals surface area contributed by atoms with Gasteiger partial charge in [0, 0.05) is 38.9 Å². The second-order valence-corrected chi connectivity index (χ2v) is 8.78. The zero-order chi connectivity index (χ0) is 20.2. The zero-order valence-corrected chi connectivity index (χ0v) is 17.8. The molecule has 2 amide bonds. The van der Waals surface area contributed by atoms with Gasteiger partial charge in [0.15, 0.2) is 0 Å². The number of amides is 2. The van der Waals surface area contributed by atoms with Crippen molar-refractivity contribution in [1.82, 2.24) is 24.5 Å². The Morgan fingerprint density at radius 1 is 1.10 bits per heavy atom. The van der Waals surface area contributed by atoms with Crippen molar-refractivity contribution in [3.63, 3.8) is 0 Å². The number of hydrogen-bond acceptors (Lipinski definition) is 5. The molecule has 0 atom stereocenters. The highest BCUT2D eigenvalue weighted by Crippen LogP contribution is 2.27. The average molecular weight is 416 g/mol. The number of aryl methyl sites for hydroxylation is 1. The molecule has 156 valence electrons. The van der Waals surface area contributed by atoms with Gasteiger partial charge in [0.05, 0.1) is 17.6 Å². The molecule has 0 aromatic carbocycles. The SMILES string of the molecule is CCn1cc(C2CCN(CC(=O)N3CCN(C(=O)c4cccs4)CC3)CC2)cn1. The maximum Gasteiger partial charge on any atom is 0.264 e. The molecule has 4 rings (SSSR count). The van der Waals surface area contributed by atoms with Crippen LogP contribution in [0.25, 0.3) is 0 Å². The van der Waals surface area contributed by atoms with E-state index in [-0.39, 0.29) is 11.8 Å². The van der Waals surface area contributed by atoms with Gasteiger partial charge in [0.2, 0.25) is 5.91 Å². The van der Waals surface area contributed by atoms with E-state index in [0.29, 0.717) is 38.6 Å². The van der Waals surface area contributed by atoms with E-state index in [9.17, 15) is 9.59 Å². The minimum Gasteiger partial charge on any atom is -0.338 e. The van der Waals surface area contributed by atoms with Crippen LogP contribution in [0.4, 0.5) is 0 Å². The molecule has 2 aromatic rings. The summed E-state index contributed by atoms with van der Waals surface area (Å²) in [6, 6.07) is 3.76. The molecule has 0 N–H and O–H groups in total. The van der Waals surface area contributed by atoms with Gasteiger partial charge in [-0.1, -0.05) is 6.07 Å². The van der Waals surface area contributed by atoms with Crippen molar-refractivity contribution in [2.24, 2.45) is 0 Å². The van der Waals surface area contributed by atoms with E-state index < -0.39 is 0 Å². The van der Waals surface area contributed by atoms with Crippen LogP contribution in [-0.2, 0) is 11.3 Å². The Balaban J connectivity index is 1.21. The maximum absolute atomic E-state index is 12.7. The molecule has 0 unspecified atom stereocenters. The molecule has 29 heavy (non-hydrogen) atoms. The molecule has 0 radical (unpaired) electrons. The highest BCUT2D eigenvalue weighted by molar-refractivity contribution is 7.12. The molecule has 8 heteroatoms. The van der Waals surface area contributed by atoms with Crippen molar-refractivity contribution in [2.45, 2.75) is 32.2 Å². The lowest BCUT2D eigenvalue weighted by molar-refractivity contribution is -0.134. The van der Waals surface area contributed by atoms with Crippen LogP contribution in [-0.4, -0.2) is 82.1 Å². The van der Waals surface area contributed by atoms with Gasteiger partial charge in [-0.2, -0.15) is 5.10 Å². The molecule has 0 spiro atoms. The summed E-state index contributed by atoms with van der Waals surface area (Å²) in [5.74, 6) is 0.819. The van der Waals surface area contributed by atoms with Crippen LogP contribution >= 0.6 is 11.3 Å². The normalized spacial score (nSPS) is 18.9. The number of hydrogen-bond donors (Lipinski definition) is 0. The lowest BCUT2D eigenvalue weighted by atomic mass is 9.91. The molecule has 2 aromatic heterocycles. The molecule has 0 bridgehead atoms. The summed E-state index contributed by atoms with van der Waals surface area (Å²) in [5.41, 5.74) is 1.32. The van der Waals surface area contributed by atoms with Gasteiger partial charge in [-0.25, -0.2) is 0 Å².